The van der Waals surface area contributed by atoms with Crippen LogP contribution in [0.2, 0.25) is 0 Å². The second kappa shape index (κ2) is 6.77. The SMILES string of the molecule is CCCCN(C)C(=O)C(C(N)=S)C(C)C. The van der Waals surface area contributed by atoms with Gasteiger partial charge in [-0.1, -0.05) is 39.4 Å². The zero-order valence-electron chi connectivity index (χ0n) is 10.1. The maximum Gasteiger partial charge on any atom is 0.232 e. The zero-order valence-corrected chi connectivity index (χ0v) is 10.9. The lowest BCUT2D eigenvalue weighted by Crippen LogP contribution is -2.42. The Bertz CT molecular complexity index is 229. The Labute approximate surface area is 98.0 Å². The van der Waals surface area contributed by atoms with E-state index in [4.69, 9.17) is 18.0 Å². The van der Waals surface area contributed by atoms with Crippen LogP contribution in [0.1, 0.15) is 33.6 Å². The average Bonchev–Trinajstić information content (AvgIpc) is 2.12. The van der Waals surface area contributed by atoms with Crippen LogP contribution in [0.3, 0.4) is 0 Å². The molecule has 0 radical (unpaired) electrons. The van der Waals surface area contributed by atoms with Gasteiger partial charge in [0.15, 0.2) is 0 Å². The van der Waals surface area contributed by atoms with Gasteiger partial charge in [0.1, 0.15) is 0 Å². The van der Waals surface area contributed by atoms with Crippen LogP contribution in [0.5, 0.6) is 0 Å². The highest BCUT2D eigenvalue weighted by Gasteiger charge is 2.27. The van der Waals surface area contributed by atoms with Crippen molar-refractivity contribution in [1.29, 1.82) is 0 Å². The zero-order chi connectivity index (χ0) is 12.0. The number of hydrogen-bond donors (Lipinski definition) is 1. The van der Waals surface area contributed by atoms with Gasteiger partial charge in [-0.15, -0.1) is 0 Å². The average molecular weight is 230 g/mol. The summed E-state index contributed by atoms with van der Waals surface area (Å²) in [6.45, 7) is 6.82. The molecule has 0 saturated heterocycles. The molecule has 1 atom stereocenters. The third-order valence-electron chi connectivity index (χ3n) is 2.46. The van der Waals surface area contributed by atoms with Gasteiger partial charge in [0, 0.05) is 13.6 Å². The minimum Gasteiger partial charge on any atom is -0.393 e. The van der Waals surface area contributed by atoms with Crippen LogP contribution in [-0.2, 0) is 4.79 Å². The van der Waals surface area contributed by atoms with Gasteiger partial charge in [-0.3, -0.25) is 4.79 Å². The molecule has 0 fully saturated rings. The Balaban J connectivity index is 4.43. The van der Waals surface area contributed by atoms with Crippen LogP contribution < -0.4 is 5.73 Å². The lowest BCUT2D eigenvalue weighted by molar-refractivity contribution is -0.133. The fourth-order valence-corrected chi connectivity index (χ4v) is 1.85. The van der Waals surface area contributed by atoms with E-state index >= 15 is 0 Å². The molecule has 0 aromatic heterocycles. The first-order valence-electron chi connectivity index (χ1n) is 5.46. The summed E-state index contributed by atoms with van der Waals surface area (Å²) in [5.41, 5.74) is 5.59. The second-order valence-electron chi connectivity index (χ2n) is 4.24. The summed E-state index contributed by atoms with van der Waals surface area (Å²) in [7, 11) is 1.81. The molecule has 4 heteroatoms. The van der Waals surface area contributed by atoms with E-state index in [2.05, 4.69) is 6.92 Å². The van der Waals surface area contributed by atoms with Crippen molar-refractivity contribution < 1.29 is 4.79 Å². The number of rotatable bonds is 6. The highest BCUT2D eigenvalue weighted by Crippen LogP contribution is 2.14. The Hall–Kier alpha value is -0.640. The molecule has 1 amide bonds. The first-order valence-corrected chi connectivity index (χ1v) is 5.86. The number of carbonyl (C=O) groups is 1. The van der Waals surface area contributed by atoms with Gasteiger partial charge in [0.05, 0.1) is 10.9 Å². The van der Waals surface area contributed by atoms with E-state index in [9.17, 15) is 4.79 Å². The number of nitrogens with two attached hydrogens (primary N) is 1. The van der Waals surface area contributed by atoms with Crippen LogP contribution in [-0.4, -0.2) is 29.4 Å². The van der Waals surface area contributed by atoms with Gasteiger partial charge in [0.2, 0.25) is 5.91 Å². The van der Waals surface area contributed by atoms with Gasteiger partial charge in [-0.2, -0.15) is 0 Å². The highest BCUT2D eigenvalue weighted by molar-refractivity contribution is 7.80. The van der Waals surface area contributed by atoms with E-state index < -0.39 is 0 Å². The van der Waals surface area contributed by atoms with Crippen LogP contribution >= 0.6 is 12.2 Å². The van der Waals surface area contributed by atoms with E-state index in [1.807, 2.05) is 20.9 Å². The number of hydrogen-bond acceptors (Lipinski definition) is 2. The minimum atomic E-state index is -0.318. The first kappa shape index (κ1) is 14.4. The molecule has 0 rings (SSSR count). The van der Waals surface area contributed by atoms with Crippen molar-refractivity contribution in [2.75, 3.05) is 13.6 Å². The van der Waals surface area contributed by atoms with Crippen LogP contribution in [0.25, 0.3) is 0 Å². The highest BCUT2D eigenvalue weighted by atomic mass is 32.1. The van der Waals surface area contributed by atoms with Crippen LogP contribution in [0.4, 0.5) is 0 Å². The molecule has 0 saturated carbocycles. The third kappa shape index (κ3) is 4.60. The molecule has 15 heavy (non-hydrogen) atoms. The Morgan fingerprint density at radius 2 is 2.00 bits per heavy atom. The second-order valence-corrected chi connectivity index (χ2v) is 4.71. The molecule has 0 aliphatic rings. The summed E-state index contributed by atoms with van der Waals surface area (Å²) >= 11 is 4.93. The summed E-state index contributed by atoms with van der Waals surface area (Å²) in [6, 6.07) is 0. The summed E-state index contributed by atoms with van der Waals surface area (Å²) < 4.78 is 0. The van der Waals surface area contributed by atoms with Crippen molar-refractivity contribution in [2.24, 2.45) is 17.6 Å². The maximum absolute atomic E-state index is 12.0. The van der Waals surface area contributed by atoms with Gasteiger partial charge in [0.25, 0.3) is 0 Å². The lowest BCUT2D eigenvalue weighted by atomic mass is 9.94. The molecule has 2 N–H and O–H groups in total. The quantitative estimate of drug-likeness (QED) is 0.708. The Morgan fingerprint density at radius 1 is 1.47 bits per heavy atom. The van der Waals surface area contributed by atoms with Gasteiger partial charge in [-0.25, -0.2) is 0 Å². The molecule has 0 aliphatic heterocycles. The number of nitrogens with zero attached hydrogens (tertiary/aromatic N) is 1. The number of thiocarbonyl (C=S) groups is 1. The molecule has 1 unspecified atom stereocenters. The van der Waals surface area contributed by atoms with Gasteiger partial charge in [-0.05, 0) is 12.3 Å². The molecule has 0 aliphatic carbocycles. The molecule has 0 aromatic carbocycles. The predicted octanol–water partition coefficient (Wildman–Crippen LogP) is 1.80. The van der Waals surface area contributed by atoms with Crippen molar-refractivity contribution in [3.63, 3.8) is 0 Å². The van der Waals surface area contributed by atoms with Crippen molar-refractivity contribution in [3.8, 4) is 0 Å². The molecule has 0 bridgehead atoms. The smallest absolute Gasteiger partial charge is 0.232 e. The Morgan fingerprint density at radius 3 is 2.33 bits per heavy atom. The maximum atomic E-state index is 12.0. The fraction of sp³-hybridized carbons (Fsp3) is 0.818. The fourth-order valence-electron chi connectivity index (χ4n) is 1.48. The lowest BCUT2D eigenvalue weighted by Gasteiger charge is -2.25. The normalized spacial score (nSPS) is 12.6. The van der Waals surface area contributed by atoms with Crippen LogP contribution in [0, 0.1) is 11.8 Å². The Kier molecular flexibility index (Phi) is 6.48. The standard InChI is InChI=1S/C11H22N2OS/c1-5-6-7-13(4)11(14)9(8(2)3)10(12)15/h8-9H,5-7H2,1-4H3,(H2,12,15). The molecule has 3 nitrogen and oxygen atoms in total. The number of carbonyl (C=O) groups excluding carboxylic acids is 1. The minimum absolute atomic E-state index is 0.0472. The first-order chi connectivity index (χ1) is 6.91. The summed E-state index contributed by atoms with van der Waals surface area (Å²) in [5.74, 6) is -0.105. The summed E-state index contributed by atoms with van der Waals surface area (Å²) in [4.78, 5) is 14.0. The van der Waals surface area contributed by atoms with Crippen LogP contribution in [0.15, 0.2) is 0 Å². The van der Waals surface area contributed by atoms with Gasteiger partial charge >= 0.3 is 0 Å². The number of amides is 1. The topological polar surface area (TPSA) is 46.3 Å². The van der Waals surface area contributed by atoms with Crippen molar-refractivity contribution in [2.45, 2.75) is 33.6 Å². The van der Waals surface area contributed by atoms with E-state index in [1.54, 1.807) is 4.90 Å². The molecule has 0 spiro atoms. The summed E-state index contributed by atoms with van der Waals surface area (Å²) in [5, 5.41) is 0. The molecule has 0 heterocycles. The van der Waals surface area contributed by atoms with E-state index in [0.717, 1.165) is 19.4 Å². The summed E-state index contributed by atoms with van der Waals surface area (Å²) in [6.07, 6.45) is 2.10. The molecular formula is C11H22N2OS. The van der Waals surface area contributed by atoms with E-state index in [0.29, 0.717) is 4.99 Å². The largest absolute Gasteiger partial charge is 0.393 e. The van der Waals surface area contributed by atoms with Crippen molar-refractivity contribution >= 4 is 23.1 Å². The predicted molar refractivity (Wildman–Crippen MR) is 67.7 cm³/mol. The molecule has 88 valence electrons. The van der Waals surface area contributed by atoms with E-state index in [1.165, 1.54) is 0 Å². The van der Waals surface area contributed by atoms with E-state index in [-0.39, 0.29) is 17.7 Å². The third-order valence-corrected chi connectivity index (χ3v) is 2.72. The molecular weight excluding hydrogens is 208 g/mol. The van der Waals surface area contributed by atoms with Crippen molar-refractivity contribution in [3.05, 3.63) is 0 Å². The monoisotopic (exact) mass is 230 g/mol. The number of unbranched alkanes of at least 4 members (excludes halogenated alkanes) is 1. The van der Waals surface area contributed by atoms with Gasteiger partial charge < -0.3 is 10.6 Å². The molecule has 0 aromatic rings. The van der Waals surface area contributed by atoms with Crippen molar-refractivity contribution in [1.82, 2.24) is 4.90 Å².